The van der Waals surface area contributed by atoms with E-state index in [1.54, 1.807) is 6.20 Å². The Morgan fingerprint density at radius 3 is 3.19 bits per heavy atom. The summed E-state index contributed by atoms with van der Waals surface area (Å²) >= 11 is 4.66. The molecule has 1 saturated heterocycles. The summed E-state index contributed by atoms with van der Waals surface area (Å²) < 4.78 is 7.36. The fraction of sp³-hybridized carbons (Fsp3) is 0.500. The van der Waals surface area contributed by atoms with Crippen molar-refractivity contribution in [3.63, 3.8) is 0 Å². The number of aliphatic hydroxyl groups is 1. The van der Waals surface area contributed by atoms with E-state index in [4.69, 9.17) is 15.6 Å². The molecule has 0 aromatic carbocycles. The smallest absolute Gasteiger partial charge is 0.351 e. The molecule has 2 heterocycles. The Morgan fingerprint density at radius 2 is 2.56 bits per heavy atom. The van der Waals surface area contributed by atoms with Crippen LogP contribution in [0.5, 0.6) is 0 Å². The van der Waals surface area contributed by atoms with Gasteiger partial charge in [-0.25, -0.2) is 4.79 Å². The normalized spacial score (nSPS) is 24.9. The van der Waals surface area contributed by atoms with Crippen LogP contribution in [-0.4, -0.2) is 32.5 Å². The standard InChI is InChI=1S/C8H10BrN3O3S/c9-4-1-12(8(14)11-7(4)10)5-3-16-6(2-13)15-5/h1,5-6,13H,2-3H2,(H2,10,11,14)/t5-,6+/m1/s1. The molecule has 1 aromatic rings. The van der Waals surface area contributed by atoms with Crippen molar-refractivity contribution < 1.29 is 9.84 Å². The summed E-state index contributed by atoms with van der Waals surface area (Å²) in [5, 5.41) is 8.92. The number of halogens is 1. The molecule has 1 aliphatic rings. The fourth-order valence-corrected chi connectivity index (χ4v) is 2.59. The number of ether oxygens (including phenoxy) is 1. The molecule has 0 bridgehead atoms. The number of rotatable bonds is 2. The summed E-state index contributed by atoms with van der Waals surface area (Å²) in [5.74, 6) is 0.758. The number of anilines is 1. The van der Waals surface area contributed by atoms with Crippen molar-refractivity contribution in [1.82, 2.24) is 9.55 Å². The summed E-state index contributed by atoms with van der Waals surface area (Å²) in [5.41, 5.74) is 4.75. The van der Waals surface area contributed by atoms with Gasteiger partial charge in [0.15, 0.2) is 0 Å². The lowest BCUT2D eigenvalue weighted by Crippen LogP contribution is -2.29. The molecule has 3 N–H and O–H groups in total. The average Bonchev–Trinajstić information content (AvgIpc) is 2.71. The number of nitrogens with zero attached hydrogens (tertiary/aromatic N) is 2. The summed E-state index contributed by atoms with van der Waals surface area (Å²) in [6, 6.07) is 0. The lowest BCUT2D eigenvalue weighted by molar-refractivity contribution is -0.00639. The van der Waals surface area contributed by atoms with E-state index < -0.39 is 11.9 Å². The summed E-state index contributed by atoms with van der Waals surface area (Å²) in [6.45, 7) is -0.0700. The van der Waals surface area contributed by atoms with Gasteiger partial charge in [-0.15, -0.1) is 11.8 Å². The Morgan fingerprint density at radius 1 is 1.81 bits per heavy atom. The van der Waals surface area contributed by atoms with Gasteiger partial charge in [-0.2, -0.15) is 4.98 Å². The van der Waals surface area contributed by atoms with Gasteiger partial charge in [-0.05, 0) is 15.9 Å². The molecule has 1 aromatic heterocycles. The molecule has 2 rings (SSSR count). The third-order valence-electron chi connectivity index (χ3n) is 2.13. The van der Waals surface area contributed by atoms with Gasteiger partial charge in [0.2, 0.25) is 0 Å². The Bertz CT molecular complexity index is 453. The van der Waals surface area contributed by atoms with E-state index in [2.05, 4.69) is 20.9 Å². The predicted molar refractivity (Wildman–Crippen MR) is 64.1 cm³/mol. The van der Waals surface area contributed by atoms with Crippen LogP contribution in [0.3, 0.4) is 0 Å². The SMILES string of the molecule is Nc1nc(=O)n([C@H]2CS[C@@H](CO)O2)cc1Br. The molecule has 0 amide bonds. The minimum Gasteiger partial charge on any atom is -0.393 e. The molecule has 1 aliphatic heterocycles. The number of hydrogen-bond acceptors (Lipinski definition) is 6. The first kappa shape index (κ1) is 11.9. The first-order valence-corrected chi connectivity index (χ1v) is 6.38. The summed E-state index contributed by atoms with van der Waals surface area (Å²) in [6.07, 6.45) is 1.15. The van der Waals surface area contributed by atoms with Gasteiger partial charge >= 0.3 is 5.69 Å². The molecule has 88 valence electrons. The average molecular weight is 308 g/mol. The van der Waals surface area contributed by atoms with Gasteiger partial charge in [0.1, 0.15) is 17.5 Å². The maximum absolute atomic E-state index is 11.6. The zero-order chi connectivity index (χ0) is 11.7. The maximum atomic E-state index is 11.6. The maximum Gasteiger partial charge on any atom is 0.351 e. The third-order valence-corrected chi connectivity index (χ3v) is 3.85. The van der Waals surface area contributed by atoms with E-state index in [0.29, 0.717) is 10.2 Å². The van der Waals surface area contributed by atoms with Gasteiger partial charge in [-0.1, -0.05) is 0 Å². The zero-order valence-electron chi connectivity index (χ0n) is 8.17. The minimum absolute atomic E-state index is 0.0700. The third kappa shape index (κ3) is 2.24. The largest absolute Gasteiger partial charge is 0.393 e. The van der Waals surface area contributed by atoms with Crippen LogP contribution >= 0.6 is 27.7 Å². The summed E-state index contributed by atoms with van der Waals surface area (Å²) in [7, 11) is 0. The van der Waals surface area contributed by atoms with Crippen molar-refractivity contribution in [3.05, 3.63) is 21.2 Å². The highest BCUT2D eigenvalue weighted by molar-refractivity contribution is 9.10. The second kappa shape index (κ2) is 4.74. The van der Waals surface area contributed by atoms with E-state index >= 15 is 0 Å². The Kier molecular flexibility index (Phi) is 3.53. The van der Waals surface area contributed by atoms with Crippen molar-refractivity contribution in [2.75, 3.05) is 18.1 Å². The predicted octanol–water partition coefficient (Wildman–Crippen LogP) is 0.168. The second-order valence-corrected chi connectivity index (χ2v) is 5.25. The van der Waals surface area contributed by atoms with Crippen molar-refractivity contribution in [3.8, 4) is 0 Å². The quantitative estimate of drug-likeness (QED) is 0.809. The summed E-state index contributed by atoms with van der Waals surface area (Å²) in [4.78, 5) is 15.2. The number of thioether (sulfide) groups is 1. The molecule has 0 spiro atoms. The highest BCUT2D eigenvalue weighted by Gasteiger charge is 2.27. The number of nitrogen functional groups attached to an aromatic ring is 1. The molecule has 2 atom stereocenters. The first-order valence-electron chi connectivity index (χ1n) is 4.54. The van der Waals surface area contributed by atoms with Crippen LogP contribution in [-0.2, 0) is 4.74 Å². The van der Waals surface area contributed by atoms with Crippen molar-refractivity contribution in [2.24, 2.45) is 0 Å². The molecule has 8 heteroatoms. The van der Waals surface area contributed by atoms with Gasteiger partial charge < -0.3 is 15.6 Å². The van der Waals surface area contributed by atoms with Crippen LogP contribution in [0.15, 0.2) is 15.5 Å². The van der Waals surface area contributed by atoms with Crippen LogP contribution in [0.4, 0.5) is 5.82 Å². The highest BCUT2D eigenvalue weighted by Crippen LogP contribution is 2.31. The van der Waals surface area contributed by atoms with Gasteiger partial charge in [-0.3, -0.25) is 4.57 Å². The van der Waals surface area contributed by atoms with Gasteiger partial charge in [0.05, 0.1) is 11.1 Å². The molecule has 0 unspecified atom stereocenters. The topological polar surface area (TPSA) is 90.4 Å². The number of nitrogens with two attached hydrogens (primary N) is 1. The fourth-order valence-electron chi connectivity index (χ4n) is 1.35. The van der Waals surface area contributed by atoms with Crippen LogP contribution in [0, 0.1) is 0 Å². The van der Waals surface area contributed by atoms with Crippen LogP contribution in [0.1, 0.15) is 6.23 Å². The lowest BCUT2D eigenvalue weighted by atomic mass is 10.5. The number of aromatic nitrogens is 2. The van der Waals surface area contributed by atoms with E-state index in [9.17, 15) is 4.79 Å². The number of aliphatic hydroxyl groups excluding tert-OH is 1. The molecule has 0 aliphatic carbocycles. The molecule has 1 fully saturated rings. The number of hydrogen-bond donors (Lipinski definition) is 2. The van der Waals surface area contributed by atoms with E-state index in [1.807, 2.05) is 0 Å². The van der Waals surface area contributed by atoms with E-state index in [-0.39, 0.29) is 17.9 Å². The van der Waals surface area contributed by atoms with Crippen LogP contribution < -0.4 is 11.4 Å². The van der Waals surface area contributed by atoms with E-state index in [1.165, 1.54) is 16.3 Å². The molecule has 0 saturated carbocycles. The molecule has 16 heavy (non-hydrogen) atoms. The molecule has 6 nitrogen and oxygen atoms in total. The van der Waals surface area contributed by atoms with Crippen LogP contribution in [0.2, 0.25) is 0 Å². The van der Waals surface area contributed by atoms with Gasteiger partial charge in [0.25, 0.3) is 0 Å². The Balaban J connectivity index is 2.28. The lowest BCUT2D eigenvalue weighted by Gasteiger charge is -2.14. The second-order valence-electron chi connectivity index (χ2n) is 3.20. The highest BCUT2D eigenvalue weighted by atomic mass is 79.9. The minimum atomic E-state index is -0.454. The zero-order valence-corrected chi connectivity index (χ0v) is 10.6. The van der Waals surface area contributed by atoms with Gasteiger partial charge in [0, 0.05) is 11.9 Å². The Hall–Kier alpha value is -0.570. The van der Waals surface area contributed by atoms with Crippen molar-refractivity contribution in [2.45, 2.75) is 11.7 Å². The molecular weight excluding hydrogens is 298 g/mol. The van der Waals surface area contributed by atoms with E-state index in [0.717, 1.165) is 0 Å². The molecule has 0 radical (unpaired) electrons. The monoisotopic (exact) mass is 307 g/mol. The Labute approximate surface area is 104 Å². The van der Waals surface area contributed by atoms with Crippen molar-refractivity contribution in [1.29, 1.82) is 0 Å². The van der Waals surface area contributed by atoms with Crippen molar-refractivity contribution >= 4 is 33.5 Å². The first-order chi connectivity index (χ1) is 7.61. The molecular formula is C8H10BrN3O3S. The van der Waals surface area contributed by atoms with Crippen LogP contribution in [0.25, 0.3) is 0 Å².